The summed E-state index contributed by atoms with van der Waals surface area (Å²) in [5, 5.41) is 12.9. The molecule has 8 nitrogen and oxygen atoms in total. The van der Waals surface area contributed by atoms with Gasteiger partial charge in [0.1, 0.15) is 11.6 Å². The zero-order valence-corrected chi connectivity index (χ0v) is 20.3. The molecule has 2 aliphatic rings. The van der Waals surface area contributed by atoms with E-state index >= 15 is 0 Å². The van der Waals surface area contributed by atoms with Crippen molar-refractivity contribution in [3.63, 3.8) is 0 Å². The van der Waals surface area contributed by atoms with Crippen LogP contribution in [0.5, 0.6) is 0 Å². The van der Waals surface area contributed by atoms with Crippen molar-refractivity contribution < 1.29 is 31.7 Å². The number of furan rings is 1. The predicted molar refractivity (Wildman–Crippen MR) is 131 cm³/mol. The van der Waals surface area contributed by atoms with Crippen LogP contribution in [0.1, 0.15) is 34.7 Å². The second-order valence-corrected chi connectivity index (χ2v) is 11.2. The van der Waals surface area contributed by atoms with Gasteiger partial charge >= 0.3 is 7.12 Å². The summed E-state index contributed by atoms with van der Waals surface area (Å²) in [6.45, 7) is 0.335. The number of benzene rings is 2. The van der Waals surface area contributed by atoms with E-state index in [1.54, 1.807) is 0 Å². The molecule has 2 heterocycles. The number of hydrogen-bond acceptors (Lipinski definition) is 6. The van der Waals surface area contributed by atoms with E-state index in [1.165, 1.54) is 35.6 Å². The topological polar surface area (TPSA) is 109 Å². The summed E-state index contributed by atoms with van der Waals surface area (Å²) in [5.74, 6) is -0.503. The van der Waals surface area contributed by atoms with Gasteiger partial charge in [-0.2, -0.15) is 0 Å². The fraction of sp³-hybridized carbons (Fsp3) is 0.375. The van der Waals surface area contributed by atoms with Crippen molar-refractivity contribution in [3.8, 4) is 11.3 Å². The van der Waals surface area contributed by atoms with E-state index in [0.717, 1.165) is 24.7 Å². The fourth-order valence-corrected chi connectivity index (χ4v) is 5.61. The largest absolute Gasteiger partial charge is 0.454 e. The van der Waals surface area contributed by atoms with Crippen molar-refractivity contribution >= 4 is 39.7 Å². The Balaban J connectivity index is 1.75. The van der Waals surface area contributed by atoms with Gasteiger partial charge in [0, 0.05) is 31.1 Å². The molecule has 11 heteroatoms. The summed E-state index contributed by atoms with van der Waals surface area (Å²) in [7, 11) is -3.16. The van der Waals surface area contributed by atoms with E-state index in [-0.39, 0.29) is 47.8 Å². The molecule has 0 bridgehead atoms. The number of halogens is 1. The molecule has 3 aromatic rings. The first-order valence-corrected chi connectivity index (χ1v) is 13.4. The molecule has 1 aliphatic heterocycles. The molecule has 1 aliphatic carbocycles. The first-order valence-electron chi connectivity index (χ1n) is 11.5. The summed E-state index contributed by atoms with van der Waals surface area (Å²) < 4.78 is 52.3. The van der Waals surface area contributed by atoms with Crippen LogP contribution in [0.25, 0.3) is 22.3 Å². The monoisotopic (exact) mass is 500 g/mol. The van der Waals surface area contributed by atoms with Gasteiger partial charge in [-0.3, -0.25) is 9.10 Å². The van der Waals surface area contributed by atoms with Gasteiger partial charge in [-0.1, -0.05) is 0 Å². The number of fused-ring (bicyclic) bond motifs is 1. The second-order valence-electron chi connectivity index (χ2n) is 9.27. The number of anilines is 1. The van der Waals surface area contributed by atoms with Crippen molar-refractivity contribution in [2.45, 2.75) is 25.1 Å². The number of sulfonamides is 1. The minimum absolute atomic E-state index is 0.0982. The quantitative estimate of drug-likeness (QED) is 0.482. The molecule has 2 aromatic carbocycles. The molecule has 35 heavy (non-hydrogen) atoms. The van der Waals surface area contributed by atoms with Crippen LogP contribution < -0.4 is 9.62 Å². The molecule has 1 amide bonds. The zero-order chi connectivity index (χ0) is 24.9. The molecule has 1 atom stereocenters. The summed E-state index contributed by atoms with van der Waals surface area (Å²) in [4.78, 5) is 13.0. The number of carbonyl (C=O) groups is 1. The van der Waals surface area contributed by atoms with Crippen molar-refractivity contribution in [2.24, 2.45) is 5.92 Å². The van der Waals surface area contributed by atoms with Gasteiger partial charge in [0.2, 0.25) is 10.0 Å². The third kappa shape index (κ3) is 4.67. The summed E-state index contributed by atoms with van der Waals surface area (Å²) in [5.41, 5.74) is 2.30. The highest BCUT2D eigenvalue weighted by atomic mass is 32.2. The summed E-state index contributed by atoms with van der Waals surface area (Å²) in [6, 6.07) is 9.31. The molecule has 184 valence electrons. The highest BCUT2D eigenvalue weighted by molar-refractivity contribution is 7.92. The van der Waals surface area contributed by atoms with E-state index < -0.39 is 23.0 Å². The van der Waals surface area contributed by atoms with Crippen LogP contribution in [0.4, 0.5) is 10.1 Å². The van der Waals surface area contributed by atoms with Crippen LogP contribution in [-0.2, 0) is 14.7 Å². The molecule has 2 fully saturated rings. The third-order valence-corrected chi connectivity index (χ3v) is 7.70. The molecular weight excluding hydrogens is 474 g/mol. The van der Waals surface area contributed by atoms with Gasteiger partial charge in [0.15, 0.2) is 5.58 Å². The zero-order valence-electron chi connectivity index (χ0n) is 19.5. The number of nitrogens with one attached hydrogen (secondary N) is 1. The Morgan fingerprint density at radius 1 is 1.26 bits per heavy atom. The minimum atomic E-state index is -3.75. The van der Waals surface area contributed by atoms with E-state index in [4.69, 9.17) is 9.07 Å². The first kappa shape index (κ1) is 23.8. The van der Waals surface area contributed by atoms with E-state index in [1.807, 2.05) is 12.1 Å². The highest BCUT2D eigenvalue weighted by Gasteiger charge is 2.35. The Bertz CT molecular complexity index is 1390. The number of rotatable bonds is 7. The van der Waals surface area contributed by atoms with Crippen LogP contribution in [0.2, 0.25) is 6.32 Å². The van der Waals surface area contributed by atoms with Crippen LogP contribution >= 0.6 is 0 Å². The molecule has 2 N–H and O–H groups in total. The van der Waals surface area contributed by atoms with Gasteiger partial charge in [0.25, 0.3) is 5.91 Å². The summed E-state index contributed by atoms with van der Waals surface area (Å²) in [6.07, 6.45) is 3.40. The van der Waals surface area contributed by atoms with Gasteiger partial charge in [-0.05, 0) is 73.0 Å². The van der Waals surface area contributed by atoms with Crippen molar-refractivity contribution in [1.82, 2.24) is 5.32 Å². The number of hydrogen-bond donors (Lipinski definition) is 2. The lowest BCUT2D eigenvalue weighted by atomic mass is 9.82. The smallest absolute Gasteiger partial charge is 0.453 e. The SMILES string of the molecule is CNC(=O)c1c(-c2ccc(F)cc2)oc2c(N(C[C@@H]3COB(O)C3)S(C)(=O)=O)cc(C3CC3)cc12. The Morgan fingerprint density at radius 2 is 1.97 bits per heavy atom. The molecule has 0 unspecified atom stereocenters. The lowest BCUT2D eigenvalue weighted by Gasteiger charge is -2.25. The molecule has 1 aromatic heterocycles. The molecule has 1 saturated carbocycles. The average molecular weight is 500 g/mol. The molecule has 0 radical (unpaired) electrons. The lowest BCUT2D eigenvalue weighted by Crippen LogP contribution is -2.35. The van der Waals surface area contributed by atoms with Gasteiger partial charge in [0.05, 0.1) is 17.5 Å². The maximum Gasteiger partial charge on any atom is 0.454 e. The van der Waals surface area contributed by atoms with Crippen LogP contribution in [-0.4, -0.2) is 52.9 Å². The van der Waals surface area contributed by atoms with E-state index in [0.29, 0.717) is 23.0 Å². The van der Waals surface area contributed by atoms with Crippen molar-refractivity contribution in [1.29, 1.82) is 0 Å². The lowest BCUT2D eigenvalue weighted by molar-refractivity contribution is 0.0964. The van der Waals surface area contributed by atoms with Crippen LogP contribution in [0.3, 0.4) is 0 Å². The molecule has 1 saturated heterocycles. The maximum absolute atomic E-state index is 13.6. The Morgan fingerprint density at radius 3 is 2.54 bits per heavy atom. The number of nitrogens with zero attached hydrogens (tertiary/aromatic N) is 1. The van der Waals surface area contributed by atoms with Crippen molar-refractivity contribution in [3.05, 3.63) is 53.3 Å². The Kier molecular flexibility index (Phi) is 6.10. The maximum atomic E-state index is 13.6. The highest BCUT2D eigenvalue weighted by Crippen LogP contribution is 2.46. The number of amides is 1. The second kappa shape index (κ2) is 8.96. The Labute approximate surface area is 203 Å². The van der Waals surface area contributed by atoms with Gasteiger partial charge < -0.3 is 19.4 Å². The summed E-state index contributed by atoms with van der Waals surface area (Å²) >= 11 is 0. The number of carbonyl (C=O) groups excluding carboxylic acids is 1. The molecule has 0 spiro atoms. The fourth-order valence-electron chi connectivity index (χ4n) is 4.64. The van der Waals surface area contributed by atoms with Crippen LogP contribution in [0, 0.1) is 11.7 Å². The van der Waals surface area contributed by atoms with Crippen molar-refractivity contribution in [2.75, 3.05) is 30.8 Å². The van der Waals surface area contributed by atoms with Gasteiger partial charge in [-0.15, -0.1) is 0 Å². The first-order chi connectivity index (χ1) is 16.7. The Hall–Kier alpha value is -2.89. The standard InChI is InChI=1S/C24H26BFN2O6S/c1-27-24(29)21-19-9-17(15-3-4-15)10-20(23(19)34-22(21)16-5-7-18(26)8-6-16)28(35(2,31)32)12-14-11-25(30)33-13-14/h5-10,14-15,30H,3-4,11-13H2,1-2H3,(H,27,29)/t14-/m1/s1. The van der Waals surface area contributed by atoms with E-state index in [9.17, 15) is 22.6 Å². The third-order valence-electron chi connectivity index (χ3n) is 6.55. The predicted octanol–water partition coefficient (Wildman–Crippen LogP) is 3.37. The van der Waals surface area contributed by atoms with Crippen LogP contribution in [0.15, 0.2) is 40.8 Å². The van der Waals surface area contributed by atoms with Gasteiger partial charge in [-0.25, -0.2) is 12.8 Å². The molecular formula is C24H26BFN2O6S. The average Bonchev–Trinajstić information content (AvgIpc) is 3.48. The minimum Gasteiger partial charge on any atom is -0.453 e. The molecule has 5 rings (SSSR count). The normalized spacial score (nSPS) is 18.3. The van der Waals surface area contributed by atoms with E-state index in [2.05, 4.69) is 5.32 Å².